The lowest BCUT2D eigenvalue weighted by atomic mass is 9.94. The van der Waals surface area contributed by atoms with Crippen molar-refractivity contribution >= 4 is 5.91 Å². The number of hydrogen-bond donors (Lipinski definition) is 0. The van der Waals surface area contributed by atoms with Gasteiger partial charge in [0.05, 0.1) is 0 Å². The second-order valence-corrected chi connectivity index (χ2v) is 7.88. The van der Waals surface area contributed by atoms with Gasteiger partial charge in [-0.2, -0.15) is 0 Å². The molecule has 4 heterocycles. The summed E-state index contributed by atoms with van der Waals surface area (Å²) in [7, 11) is 0. The lowest BCUT2D eigenvalue weighted by Crippen LogP contribution is -2.47. The Hall–Kier alpha value is -2.21. The van der Waals surface area contributed by atoms with E-state index in [1.807, 2.05) is 29.8 Å². The predicted octanol–water partition coefficient (Wildman–Crippen LogP) is 2.84. The van der Waals surface area contributed by atoms with Crippen molar-refractivity contribution in [2.45, 2.75) is 45.3 Å². The molecule has 0 aliphatic carbocycles. The minimum absolute atomic E-state index is 0.195. The van der Waals surface area contributed by atoms with E-state index in [0.717, 1.165) is 44.0 Å². The number of imidazole rings is 1. The van der Waals surface area contributed by atoms with Crippen LogP contribution < -0.4 is 0 Å². The average Bonchev–Trinajstić information content (AvgIpc) is 2.87. The third-order valence-electron chi connectivity index (χ3n) is 5.92. The zero-order valence-corrected chi connectivity index (χ0v) is 15.9. The molecule has 6 heteroatoms. The number of fused-ring (bicyclic) bond motifs is 4. The molecule has 144 valence electrons. The molecule has 1 amide bonds. The van der Waals surface area contributed by atoms with Gasteiger partial charge in [-0.3, -0.25) is 9.69 Å². The van der Waals surface area contributed by atoms with Crippen LogP contribution in [0.15, 0.2) is 36.7 Å². The van der Waals surface area contributed by atoms with Crippen molar-refractivity contribution in [3.8, 4) is 0 Å². The number of piperidine rings is 1. The van der Waals surface area contributed by atoms with E-state index in [1.165, 1.54) is 18.6 Å². The molecule has 3 fully saturated rings. The summed E-state index contributed by atoms with van der Waals surface area (Å²) < 4.78 is 15.2. The van der Waals surface area contributed by atoms with E-state index in [2.05, 4.69) is 14.8 Å². The van der Waals surface area contributed by atoms with E-state index in [1.54, 1.807) is 6.20 Å². The van der Waals surface area contributed by atoms with Gasteiger partial charge < -0.3 is 9.47 Å². The molecular weight excluding hydrogens is 343 g/mol. The van der Waals surface area contributed by atoms with Gasteiger partial charge in [-0.15, -0.1) is 0 Å². The van der Waals surface area contributed by atoms with Crippen molar-refractivity contribution in [1.82, 2.24) is 19.4 Å². The van der Waals surface area contributed by atoms with E-state index >= 15 is 0 Å². The van der Waals surface area contributed by atoms with Crippen LogP contribution in [-0.4, -0.2) is 50.9 Å². The number of aryl methyl sites for hydroxylation is 2. The number of carbonyl (C=O) groups is 1. The summed E-state index contributed by atoms with van der Waals surface area (Å²) in [6, 6.07) is 7.06. The van der Waals surface area contributed by atoms with Crippen molar-refractivity contribution in [3.05, 3.63) is 53.9 Å². The molecule has 1 aromatic heterocycles. The number of aromatic nitrogens is 2. The van der Waals surface area contributed by atoms with Crippen LogP contribution in [-0.2, 0) is 17.9 Å². The monoisotopic (exact) mass is 370 g/mol. The van der Waals surface area contributed by atoms with Crippen molar-refractivity contribution in [2.75, 3.05) is 19.6 Å². The lowest BCUT2D eigenvalue weighted by Gasteiger charge is -2.36. The maximum absolute atomic E-state index is 13.1. The highest BCUT2D eigenvalue weighted by Gasteiger charge is 2.36. The van der Waals surface area contributed by atoms with Crippen LogP contribution >= 0.6 is 0 Å². The Balaban J connectivity index is 1.38. The molecule has 0 spiro atoms. The predicted molar refractivity (Wildman–Crippen MR) is 101 cm³/mol. The SMILES string of the molecule is Cc1nccn1CCC(=O)N1C[C@@H]2CC[C@H]1CN(Cc1ccc(F)cc1)C2. The standard InChI is InChI=1S/C21H27FN4O/c1-16-23-9-11-25(16)10-8-21(27)26-14-18-4-7-20(26)15-24(13-18)12-17-2-5-19(22)6-3-17/h2-3,5-6,9,11,18,20H,4,7-8,10,12-15H2,1H3/t18-,20+/m1/s1. The first kappa shape index (κ1) is 18.2. The van der Waals surface area contributed by atoms with E-state index in [4.69, 9.17) is 0 Å². The molecule has 2 bridgehead atoms. The molecule has 2 aromatic rings. The van der Waals surface area contributed by atoms with E-state index < -0.39 is 0 Å². The van der Waals surface area contributed by atoms with Gasteiger partial charge in [-0.05, 0) is 43.4 Å². The smallest absolute Gasteiger partial charge is 0.224 e. The van der Waals surface area contributed by atoms with Crippen LogP contribution in [0.2, 0.25) is 0 Å². The van der Waals surface area contributed by atoms with Gasteiger partial charge in [-0.1, -0.05) is 12.1 Å². The number of rotatable bonds is 5. The summed E-state index contributed by atoms with van der Waals surface area (Å²) in [5.41, 5.74) is 1.13. The quantitative estimate of drug-likeness (QED) is 0.813. The first-order valence-electron chi connectivity index (χ1n) is 9.82. The number of nitrogens with zero attached hydrogens (tertiary/aromatic N) is 4. The van der Waals surface area contributed by atoms with Crippen LogP contribution in [0.4, 0.5) is 4.39 Å². The summed E-state index contributed by atoms with van der Waals surface area (Å²) >= 11 is 0. The largest absolute Gasteiger partial charge is 0.338 e. The highest BCUT2D eigenvalue weighted by Crippen LogP contribution is 2.29. The highest BCUT2D eigenvalue weighted by atomic mass is 19.1. The number of halogens is 1. The van der Waals surface area contributed by atoms with Crippen LogP contribution in [0, 0.1) is 18.7 Å². The molecule has 0 radical (unpaired) electrons. The molecule has 5 rings (SSSR count). The summed E-state index contributed by atoms with van der Waals surface area (Å²) in [5.74, 6) is 1.54. The van der Waals surface area contributed by atoms with Crippen molar-refractivity contribution in [3.63, 3.8) is 0 Å². The van der Waals surface area contributed by atoms with E-state index in [0.29, 0.717) is 24.9 Å². The number of amides is 1. The summed E-state index contributed by atoms with van der Waals surface area (Å²) in [4.78, 5) is 21.7. The Morgan fingerprint density at radius 1 is 1.19 bits per heavy atom. The molecule has 0 N–H and O–H groups in total. The molecular formula is C21H27FN4O. The van der Waals surface area contributed by atoms with Gasteiger partial charge in [0.25, 0.3) is 0 Å². The number of carbonyl (C=O) groups excluding carboxylic acids is 1. The van der Waals surface area contributed by atoms with E-state index in [-0.39, 0.29) is 11.7 Å². The fraction of sp³-hybridized carbons (Fsp3) is 0.524. The first-order valence-corrected chi connectivity index (χ1v) is 9.82. The van der Waals surface area contributed by atoms with Crippen LogP contribution in [0.25, 0.3) is 0 Å². The minimum Gasteiger partial charge on any atom is -0.338 e. The fourth-order valence-corrected chi connectivity index (χ4v) is 4.46. The van der Waals surface area contributed by atoms with Gasteiger partial charge in [-0.25, -0.2) is 9.37 Å². The summed E-state index contributed by atoms with van der Waals surface area (Å²) in [6.45, 7) is 6.27. The molecule has 3 aliphatic heterocycles. The molecule has 0 saturated carbocycles. The van der Waals surface area contributed by atoms with Gasteiger partial charge >= 0.3 is 0 Å². The van der Waals surface area contributed by atoms with Crippen LogP contribution in [0.3, 0.4) is 0 Å². The Morgan fingerprint density at radius 3 is 2.74 bits per heavy atom. The van der Waals surface area contributed by atoms with Crippen molar-refractivity contribution in [1.29, 1.82) is 0 Å². The third kappa shape index (κ3) is 4.21. The Morgan fingerprint density at radius 2 is 2.00 bits per heavy atom. The molecule has 3 aliphatic rings. The second-order valence-electron chi connectivity index (χ2n) is 7.88. The molecule has 2 atom stereocenters. The van der Waals surface area contributed by atoms with Crippen molar-refractivity contribution in [2.24, 2.45) is 5.92 Å². The molecule has 0 unspecified atom stereocenters. The normalized spacial score (nSPS) is 22.8. The second kappa shape index (κ2) is 7.80. The van der Waals surface area contributed by atoms with Gasteiger partial charge in [0, 0.05) is 57.6 Å². The minimum atomic E-state index is -0.195. The van der Waals surface area contributed by atoms with Gasteiger partial charge in [0.2, 0.25) is 5.91 Å². The Labute approximate surface area is 159 Å². The number of hydrogen-bond acceptors (Lipinski definition) is 3. The maximum Gasteiger partial charge on any atom is 0.224 e. The maximum atomic E-state index is 13.1. The van der Waals surface area contributed by atoms with Crippen LogP contribution in [0.1, 0.15) is 30.7 Å². The topological polar surface area (TPSA) is 41.4 Å². The Kier molecular flexibility index (Phi) is 5.25. The van der Waals surface area contributed by atoms with Gasteiger partial charge in [0.15, 0.2) is 0 Å². The average molecular weight is 370 g/mol. The summed E-state index contributed by atoms with van der Waals surface area (Å²) in [5, 5.41) is 0. The fourth-order valence-electron chi connectivity index (χ4n) is 4.46. The summed E-state index contributed by atoms with van der Waals surface area (Å²) in [6.07, 6.45) is 6.51. The highest BCUT2D eigenvalue weighted by molar-refractivity contribution is 5.76. The first-order chi connectivity index (χ1) is 13.1. The van der Waals surface area contributed by atoms with Gasteiger partial charge in [0.1, 0.15) is 11.6 Å². The van der Waals surface area contributed by atoms with Crippen LogP contribution in [0.5, 0.6) is 0 Å². The zero-order valence-electron chi connectivity index (χ0n) is 15.9. The molecule has 1 aromatic carbocycles. The molecule has 3 saturated heterocycles. The Bertz CT molecular complexity index is 788. The zero-order chi connectivity index (χ0) is 18.8. The molecule has 27 heavy (non-hydrogen) atoms. The van der Waals surface area contributed by atoms with Crippen molar-refractivity contribution < 1.29 is 9.18 Å². The third-order valence-corrected chi connectivity index (χ3v) is 5.92. The molecule has 5 nitrogen and oxygen atoms in total. The lowest BCUT2D eigenvalue weighted by molar-refractivity contribution is -0.135. The number of benzene rings is 1. The van der Waals surface area contributed by atoms with E-state index in [9.17, 15) is 9.18 Å².